The zero-order chi connectivity index (χ0) is 21.7. The molecule has 1 N–H and O–H groups in total. The van der Waals surface area contributed by atoms with E-state index in [1.807, 2.05) is 30.3 Å². The molecule has 0 unspecified atom stereocenters. The lowest BCUT2D eigenvalue weighted by atomic mass is 10.1. The fourth-order valence-electron chi connectivity index (χ4n) is 3.48. The van der Waals surface area contributed by atoms with E-state index in [-0.39, 0.29) is 12.5 Å². The molecule has 10 nitrogen and oxygen atoms in total. The van der Waals surface area contributed by atoms with E-state index in [0.717, 1.165) is 11.3 Å². The summed E-state index contributed by atoms with van der Waals surface area (Å²) in [7, 11) is 8.28. The maximum atomic E-state index is 12.7. The summed E-state index contributed by atoms with van der Waals surface area (Å²) in [6.07, 6.45) is 3.54. The summed E-state index contributed by atoms with van der Waals surface area (Å²) >= 11 is 0. The molecule has 0 saturated carbocycles. The Hall–Kier alpha value is -3.43. The monoisotopic (exact) mass is 416 g/mol. The van der Waals surface area contributed by atoms with Crippen LogP contribution in [0, 0.1) is 0 Å². The molecule has 1 saturated heterocycles. The number of hydrogen-bond donors (Lipinski definition) is 1. The number of guanidine groups is 1. The van der Waals surface area contributed by atoms with Crippen molar-refractivity contribution in [2.24, 2.45) is 12.0 Å². The highest BCUT2D eigenvalue weighted by molar-refractivity contribution is 5.98. The number of aromatic nitrogens is 2. The lowest BCUT2D eigenvalue weighted by Crippen LogP contribution is -2.55. The molecule has 1 aliphatic rings. The lowest BCUT2D eigenvalue weighted by Gasteiger charge is -2.35. The van der Waals surface area contributed by atoms with Crippen molar-refractivity contribution in [3.63, 3.8) is 0 Å². The Morgan fingerprint density at radius 1 is 1.17 bits per heavy atom. The van der Waals surface area contributed by atoms with E-state index in [0.29, 0.717) is 42.8 Å². The molecule has 1 aromatic carbocycles. The van der Waals surface area contributed by atoms with Crippen LogP contribution in [0.5, 0.6) is 17.2 Å². The van der Waals surface area contributed by atoms with Crippen LogP contribution >= 0.6 is 0 Å². The van der Waals surface area contributed by atoms with Gasteiger partial charge in [0.05, 0.1) is 33.2 Å². The number of ether oxygens (including phenoxy) is 3. The Labute approximate surface area is 176 Å². The van der Waals surface area contributed by atoms with Gasteiger partial charge in [-0.15, -0.1) is 0 Å². The van der Waals surface area contributed by atoms with Crippen molar-refractivity contribution in [2.75, 3.05) is 52.9 Å². The minimum absolute atomic E-state index is 0.000831. The number of amides is 1. The van der Waals surface area contributed by atoms with Gasteiger partial charge in [0.2, 0.25) is 11.7 Å². The molecule has 2 aromatic rings. The largest absolute Gasteiger partial charge is 0.493 e. The third-order valence-corrected chi connectivity index (χ3v) is 4.96. The lowest BCUT2D eigenvalue weighted by molar-refractivity contribution is -0.120. The van der Waals surface area contributed by atoms with E-state index in [1.165, 1.54) is 0 Å². The number of nitrogens with zero attached hydrogens (tertiary/aromatic N) is 5. The molecule has 0 radical (unpaired) electrons. The van der Waals surface area contributed by atoms with Gasteiger partial charge in [0.15, 0.2) is 17.5 Å². The third kappa shape index (κ3) is 4.27. The van der Waals surface area contributed by atoms with Crippen LogP contribution in [0.3, 0.4) is 0 Å². The van der Waals surface area contributed by atoms with Crippen LogP contribution in [0.1, 0.15) is 5.56 Å². The molecular weight excluding hydrogens is 388 g/mol. The number of carbonyl (C=O) groups excluding carboxylic acids is 1. The Balaban J connectivity index is 1.68. The summed E-state index contributed by atoms with van der Waals surface area (Å²) in [4.78, 5) is 20.7. The molecule has 1 aliphatic heterocycles. The van der Waals surface area contributed by atoms with Crippen molar-refractivity contribution in [3.05, 3.63) is 30.1 Å². The second kappa shape index (κ2) is 9.38. The Morgan fingerprint density at radius 3 is 2.50 bits per heavy atom. The van der Waals surface area contributed by atoms with E-state index in [4.69, 9.17) is 14.2 Å². The molecule has 10 heteroatoms. The van der Waals surface area contributed by atoms with Gasteiger partial charge < -0.3 is 29.3 Å². The van der Waals surface area contributed by atoms with Gasteiger partial charge >= 0.3 is 0 Å². The van der Waals surface area contributed by atoms with E-state index in [1.54, 1.807) is 44.2 Å². The Kier molecular flexibility index (Phi) is 6.65. The number of carbonyl (C=O) groups is 1. The summed E-state index contributed by atoms with van der Waals surface area (Å²) < 4.78 is 18.0. The molecule has 1 aromatic heterocycles. The van der Waals surface area contributed by atoms with Crippen molar-refractivity contribution < 1.29 is 19.0 Å². The number of aryl methyl sites for hydroxylation is 1. The second-order valence-electron chi connectivity index (χ2n) is 6.73. The van der Waals surface area contributed by atoms with Crippen molar-refractivity contribution in [1.29, 1.82) is 0 Å². The first kappa shape index (κ1) is 21.3. The van der Waals surface area contributed by atoms with Gasteiger partial charge in [-0.3, -0.25) is 14.5 Å². The number of piperazine rings is 1. The standard InChI is InChI=1S/C20H28N6O4/c1-21-20(22-10-14-6-7-16(28-3)19(30-5)18(14)29-4)25-8-9-26(17(27)13-25)15-11-23-24(2)12-15/h6-7,11-12H,8-10,13H2,1-5H3,(H,21,22). The van der Waals surface area contributed by atoms with Crippen molar-refractivity contribution >= 4 is 17.6 Å². The van der Waals surface area contributed by atoms with E-state index >= 15 is 0 Å². The highest BCUT2D eigenvalue weighted by Crippen LogP contribution is 2.39. The number of nitrogens with one attached hydrogen (secondary N) is 1. The highest BCUT2D eigenvalue weighted by Gasteiger charge is 2.28. The Morgan fingerprint density at radius 2 is 1.93 bits per heavy atom. The van der Waals surface area contributed by atoms with Crippen LogP contribution in [-0.2, 0) is 18.4 Å². The predicted molar refractivity (Wildman–Crippen MR) is 113 cm³/mol. The van der Waals surface area contributed by atoms with Gasteiger partial charge in [-0.1, -0.05) is 0 Å². The molecule has 0 aliphatic carbocycles. The smallest absolute Gasteiger partial charge is 0.246 e. The SMILES string of the molecule is CN=C(NCc1ccc(OC)c(OC)c1OC)N1CCN(c2cnn(C)c2)C(=O)C1. The number of hydrogen-bond acceptors (Lipinski definition) is 6. The number of aliphatic imine (C=N–C) groups is 1. The molecule has 0 spiro atoms. The molecule has 1 amide bonds. The van der Waals surface area contributed by atoms with Gasteiger partial charge in [0, 0.05) is 45.5 Å². The zero-order valence-electron chi connectivity index (χ0n) is 18.0. The fraction of sp³-hybridized carbons (Fsp3) is 0.450. The first-order chi connectivity index (χ1) is 14.5. The van der Waals surface area contributed by atoms with Gasteiger partial charge in [-0.05, 0) is 12.1 Å². The molecule has 0 atom stereocenters. The van der Waals surface area contributed by atoms with Crippen LogP contribution in [0.2, 0.25) is 0 Å². The Bertz CT molecular complexity index is 926. The van der Waals surface area contributed by atoms with E-state index in [9.17, 15) is 4.79 Å². The molecule has 0 bridgehead atoms. The zero-order valence-corrected chi connectivity index (χ0v) is 18.0. The van der Waals surface area contributed by atoms with Crippen LogP contribution in [0.4, 0.5) is 5.69 Å². The van der Waals surface area contributed by atoms with E-state index < -0.39 is 0 Å². The summed E-state index contributed by atoms with van der Waals surface area (Å²) in [5.41, 5.74) is 1.69. The highest BCUT2D eigenvalue weighted by atomic mass is 16.5. The van der Waals surface area contributed by atoms with Gasteiger partial charge in [-0.25, -0.2) is 0 Å². The number of benzene rings is 1. The van der Waals surface area contributed by atoms with Crippen molar-refractivity contribution in [2.45, 2.75) is 6.54 Å². The maximum Gasteiger partial charge on any atom is 0.246 e. The maximum absolute atomic E-state index is 12.7. The topological polar surface area (TPSA) is 93.5 Å². The predicted octanol–water partition coefficient (Wildman–Crippen LogP) is 0.870. The first-order valence-corrected chi connectivity index (χ1v) is 9.54. The average Bonchev–Trinajstić information content (AvgIpc) is 3.19. The van der Waals surface area contributed by atoms with Crippen LogP contribution in [0.15, 0.2) is 29.5 Å². The summed E-state index contributed by atoms with van der Waals surface area (Å²) in [6.45, 7) is 1.90. The summed E-state index contributed by atoms with van der Waals surface area (Å²) in [6, 6.07) is 3.74. The molecule has 30 heavy (non-hydrogen) atoms. The molecule has 3 rings (SSSR count). The molecule has 2 heterocycles. The average molecular weight is 416 g/mol. The van der Waals surface area contributed by atoms with Crippen molar-refractivity contribution in [3.8, 4) is 17.2 Å². The van der Waals surface area contributed by atoms with Crippen LogP contribution in [-0.4, -0.2) is 74.6 Å². The van der Waals surface area contributed by atoms with Gasteiger partial charge in [0.25, 0.3) is 0 Å². The molecule has 162 valence electrons. The van der Waals surface area contributed by atoms with Crippen molar-refractivity contribution in [1.82, 2.24) is 20.0 Å². The van der Waals surface area contributed by atoms with Crippen LogP contribution in [0.25, 0.3) is 0 Å². The third-order valence-electron chi connectivity index (χ3n) is 4.96. The number of methoxy groups -OCH3 is 3. The number of anilines is 1. The van der Waals surface area contributed by atoms with Gasteiger partial charge in [0.1, 0.15) is 6.54 Å². The van der Waals surface area contributed by atoms with Gasteiger partial charge in [-0.2, -0.15) is 5.10 Å². The summed E-state index contributed by atoms with van der Waals surface area (Å²) in [5, 5.41) is 7.45. The fourth-order valence-corrected chi connectivity index (χ4v) is 3.48. The minimum atomic E-state index is 0.000831. The minimum Gasteiger partial charge on any atom is -0.493 e. The molecule has 1 fully saturated rings. The summed E-state index contributed by atoms with van der Waals surface area (Å²) in [5.74, 6) is 2.37. The van der Waals surface area contributed by atoms with Crippen LogP contribution < -0.4 is 24.4 Å². The first-order valence-electron chi connectivity index (χ1n) is 9.54. The number of rotatable bonds is 6. The molecular formula is C20H28N6O4. The quantitative estimate of drug-likeness (QED) is 0.552. The van der Waals surface area contributed by atoms with E-state index in [2.05, 4.69) is 15.4 Å². The second-order valence-corrected chi connectivity index (χ2v) is 6.73. The normalized spacial score (nSPS) is 14.7.